The minimum absolute atomic E-state index is 0.0255. The van der Waals surface area contributed by atoms with Gasteiger partial charge in [-0.1, -0.05) is 24.3 Å². The highest BCUT2D eigenvalue weighted by Crippen LogP contribution is 2.35. The summed E-state index contributed by atoms with van der Waals surface area (Å²) in [5.41, 5.74) is 2.18. The lowest BCUT2D eigenvalue weighted by atomic mass is 10.0. The lowest BCUT2D eigenvalue weighted by molar-refractivity contribution is -0.385. The van der Waals surface area contributed by atoms with E-state index in [9.17, 15) is 18.5 Å². The maximum absolute atomic E-state index is 11.8. The van der Waals surface area contributed by atoms with Gasteiger partial charge in [0.15, 0.2) is 0 Å². The smallest absolute Gasteiger partial charge is 0.372 e. The van der Waals surface area contributed by atoms with E-state index in [-0.39, 0.29) is 37.0 Å². The largest absolute Gasteiger partial charge is 0.473 e. The summed E-state index contributed by atoms with van der Waals surface area (Å²) in [5.74, 6) is 0.478. The molecule has 1 aromatic carbocycles. The molecule has 10 nitrogen and oxygen atoms in total. The predicted molar refractivity (Wildman–Crippen MR) is 110 cm³/mol. The van der Waals surface area contributed by atoms with Gasteiger partial charge in [0.2, 0.25) is 5.82 Å². The summed E-state index contributed by atoms with van der Waals surface area (Å²) in [4.78, 5) is 21.6. The molecular weight excluding hydrogens is 412 g/mol. The molecule has 0 N–H and O–H groups in total. The lowest BCUT2D eigenvalue weighted by Gasteiger charge is -2.22. The van der Waals surface area contributed by atoms with Gasteiger partial charge in [-0.2, -0.15) is 13.4 Å². The SMILES string of the molecule is Cc1nc(OCCCOS(C)(=O)=O)c([N+](=O)[O-])c(N2CCc3ccccc3CC2)n1. The van der Waals surface area contributed by atoms with E-state index in [2.05, 4.69) is 26.3 Å². The second-order valence-corrected chi connectivity index (χ2v) is 8.63. The molecule has 11 heteroatoms. The van der Waals surface area contributed by atoms with Crippen LogP contribution in [0.15, 0.2) is 24.3 Å². The molecule has 0 saturated heterocycles. The van der Waals surface area contributed by atoms with Gasteiger partial charge in [-0.3, -0.25) is 14.3 Å². The fourth-order valence-electron chi connectivity index (χ4n) is 3.33. The Morgan fingerprint density at radius 1 is 1.13 bits per heavy atom. The molecule has 0 spiro atoms. The molecule has 1 aliphatic heterocycles. The van der Waals surface area contributed by atoms with Crippen LogP contribution in [-0.4, -0.2) is 55.9 Å². The van der Waals surface area contributed by atoms with Gasteiger partial charge in [0.05, 0.1) is 24.4 Å². The summed E-state index contributed by atoms with van der Waals surface area (Å²) in [5, 5.41) is 11.8. The highest BCUT2D eigenvalue weighted by Gasteiger charge is 2.30. The maximum Gasteiger partial charge on any atom is 0.372 e. The molecule has 0 unspecified atom stereocenters. The van der Waals surface area contributed by atoms with E-state index < -0.39 is 15.0 Å². The second kappa shape index (κ2) is 9.35. The third-order valence-electron chi connectivity index (χ3n) is 4.67. The number of ether oxygens (including phenoxy) is 1. The number of nitro groups is 1. The monoisotopic (exact) mass is 436 g/mol. The first-order valence-electron chi connectivity index (χ1n) is 9.56. The van der Waals surface area contributed by atoms with E-state index in [1.54, 1.807) is 6.92 Å². The average molecular weight is 436 g/mol. The van der Waals surface area contributed by atoms with Gasteiger partial charge in [-0.25, -0.2) is 4.98 Å². The number of anilines is 1. The maximum atomic E-state index is 11.8. The quantitative estimate of drug-likeness (QED) is 0.264. The molecule has 2 aromatic rings. The van der Waals surface area contributed by atoms with Crippen LogP contribution in [0.4, 0.5) is 11.5 Å². The normalized spacial score (nSPS) is 14.1. The predicted octanol–water partition coefficient (Wildman–Crippen LogP) is 2.04. The lowest BCUT2D eigenvalue weighted by Crippen LogP contribution is -2.28. The van der Waals surface area contributed by atoms with Gasteiger partial charge in [0.25, 0.3) is 16.0 Å². The number of hydrogen-bond donors (Lipinski definition) is 0. The first kappa shape index (κ1) is 21.9. The summed E-state index contributed by atoms with van der Waals surface area (Å²) in [6, 6.07) is 8.13. The first-order valence-corrected chi connectivity index (χ1v) is 11.4. The van der Waals surface area contributed by atoms with Gasteiger partial charge < -0.3 is 9.64 Å². The summed E-state index contributed by atoms with van der Waals surface area (Å²) in [7, 11) is -3.54. The molecule has 0 amide bonds. The van der Waals surface area contributed by atoms with E-state index >= 15 is 0 Å². The molecular formula is C19H24N4O6S. The van der Waals surface area contributed by atoms with Crippen LogP contribution in [0.1, 0.15) is 23.4 Å². The van der Waals surface area contributed by atoms with Crippen LogP contribution in [-0.2, 0) is 27.1 Å². The molecule has 0 aliphatic carbocycles. The Labute approximate surface area is 175 Å². The van der Waals surface area contributed by atoms with Crippen molar-refractivity contribution in [2.45, 2.75) is 26.2 Å². The van der Waals surface area contributed by atoms with Crippen molar-refractivity contribution >= 4 is 21.6 Å². The van der Waals surface area contributed by atoms with Gasteiger partial charge >= 0.3 is 5.69 Å². The van der Waals surface area contributed by atoms with Crippen molar-refractivity contribution in [1.82, 2.24) is 9.97 Å². The third kappa shape index (κ3) is 5.63. The number of aryl methyl sites for hydroxylation is 1. The number of benzene rings is 1. The van der Waals surface area contributed by atoms with Crippen molar-refractivity contribution in [2.24, 2.45) is 0 Å². The standard InChI is InChI=1S/C19H24N4O6S/c1-14-20-18(22-10-8-15-6-3-4-7-16(15)9-11-22)17(23(24)25)19(21-14)28-12-5-13-29-30(2,26)27/h3-4,6-7H,5,8-13H2,1-2H3. The number of fused-ring (bicyclic) bond motifs is 1. The van der Waals surface area contributed by atoms with E-state index in [4.69, 9.17) is 4.74 Å². The Hall–Kier alpha value is -2.79. The summed E-state index contributed by atoms with van der Waals surface area (Å²) in [6.45, 7) is 2.79. The first-order chi connectivity index (χ1) is 14.2. The minimum Gasteiger partial charge on any atom is -0.473 e. The zero-order valence-corrected chi connectivity index (χ0v) is 17.7. The number of nitrogens with zero attached hydrogens (tertiary/aromatic N) is 4. The minimum atomic E-state index is -3.54. The number of rotatable bonds is 8. The van der Waals surface area contributed by atoms with Crippen LogP contribution in [0.25, 0.3) is 0 Å². The Morgan fingerprint density at radius 3 is 2.33 bits per heavy atom. The van der Waals surface area contributed by atoms with Crippen LogP contribution in [0.5, 0.6) is 5.88 Å². The van der Waals surface area contributed by atoms with E-state index in [0.717, 1.165) is 19.1 Å². The molecule has 162 valence electrons. The molecule has 0 radical (unpaired) electrons. The topological polar surface area (TPSA) is 125 Å². The second-order valence-electron chi connectivity index (χ2n) is 6.99. The third-order valence-corrected chi connectivity index (χ3v) is 5.27. The highest BCUT2D eigenvalue weighted by atomic mass is 32.2. The number of hydrogen-bond acceptors (Lipinski definition) is 9. The van der Waals surface area contributed by atoms with Crippen LogP contribution in [0, 0.1) is 17.0 Å². The summed E-state index contributed by atoms with van der Waals surface area (Å²) >= 11 is 0. The summed E-state index contributed by atoms with van der Waals surface area (Å²) in [6.07, 6.45) is 2.71. The van der Waals surface area contributed by atoms with Crippen LogP contribution >= 0.6 is 0 Å². The molecule has 0 fully saturated rings. The van der Waals surface area contributed by atoms with Crippen molar-refractivity contribution in [3.8, 4) is 5.88 Å². The molecule has 0 saturated carbocycles. The molecule has 0 atom stereocenters. The molecule has 30 heavy (non-hydrogen) atoms. The Bertz CT molecular complexity index is 1000. The van der Waals surface area contributed by atoms with Crippen molar-refractivity contribution < 1.29 is 22.3 Å². The molecule has 3 rings (SSSR count). The molecule has 0 bridgehead atoms. The van der Waals surface area contributed by atoms with E-state index in [1.807, 2.05) is 17.0 Å². The van der Waals surface area contributed by atoms with Crippen molar-refractivity contribution in [1.29, 1.82) is 0 Å². The summed E-state index contributed by atoms with van der Waals surface area (Å²) < 4.78 is 32.2. The highest BCUT2D eigenvalue weighted by molar-refractivity contribution is 7.85. The Morgan fingerprint density at radius 2 is 1.77 bits per heavy atom. The van der Waals surface area contributed by atoms with Crippen LogP contribution in [0.3, 0.4) is 0 Å². The van der Waals surface area contributed by atoms with E-state index in [0.29, 0.717) is 18.9 Å². The van der Waals surface area contributed by atoms with Gasteiger partial charge in [-0.05, 0) is 30.9 Å². The fraction of sp³-hybridized carbons (Fsp3) is 0.474. The van der Waals surface area contributed by atoms with Crippen molar-refractivity contribution in [3.63, 3.8) is 0 Å². The Kier molecular flexibility index (Phi) is 6.83. The average Bonchev–Trinajstić information content (AvgIpc) is 2.88. The van der Waals surface area contributed by atoms with Gasteiger partial charge in [0, 0.05) is 19.5 Å². The Balaban J connectivity index is 1.78. The zero-order chi connectivity index (χ0) is 21.7. The number of aromatic nitrogens is 2. The van der Waals surface area contributed by atoms with Crippen molar-refractivity contribution in [2.75, 3.05) is 37.5 Å². The molecule has 1 aliphatic rings. The van der Waals surface area contributed by atoms with Crippen LogP contribution in [0.2, 0.25) is 0 Å². The van der Waals surface area contributed by atoms with Gasteiger partial charge in [0.1, 0.15) is 5.82 Å². The zero-order valence-electron chi connectivity index (χ0n) is 16.9. The molecule has 1 aromatic heterocycles. The fourth-order valence-corrected chi connectivity index (χ4v) is 3.75. The molecule has 2 heterocycles. The van der Waals surface area contributed by atoms with Crippen LogP contribution < -0.4 is 9.64 Å². The van der Waals surface area contributed by atoms with Crippen molar-refractivity contribution in [3.05, 3.63) is 51.3 Å². The van der Waals surface area contributed by atoms with Gasteiger partial charge in [-0.15, -0.1) is 0 Å². The van der Waals surface area contributed by atoms with E-state index in [1.165, 1.54) is 11.1 Å².